The quantitative estimate of drug-likeness (QED) is 0.0937. The Morgan fingerprint density at radius 3 is 2.33 bits per heavy atom. The number of fused-ring (bicyclic) bond motifs is 2. The summed E-state index contributed by atoms with van der Waals surface area (Å²) < 4.78 is 64.4. The molecule has 4 aromatic rings. The smallest absolute Gasteiger partial charge is 0.265 e. The molecule has 1 aliphatic rings. The van der Waals surface area contributed by atoms with Crippen molar-refractivity contribution in [3.63, 3.8) is 0 Å². The number of thiazole rings is 1. The molecule has 0 atom stereocenters. The lowest BCUT2D eigenvalue weighted by molar-refractivity contribution is -0.668. The second-order valence-corrected chi connectivity index (χ2v) is 16.6. The average molecular weight is 747 g/mol. The van der Waals surface area contributed by atoms with Crippen LogP contribution < -0.4 is 14.8 Å². The molecule has 0 aliphatic carbocycles. The lowest BCUT2D eigenvalue weighted by atomic mass is 10.2. The Morgan fingerprint density at radius 1 is 1.00 bits per heavy atom. The standard InChI is InChI=1S/C21H22Cl2N2O6S4.C9H11NO/c22-14-3-5-18-16(11-14)24(7-1-9-34(26,27)28)20(32-18)13-21-25(8-2-10-35(29,30)31)17-12-15(23)4-6-19(17)33-21;1-7-3-5-9(6-4-7)10-8(2)11/h3-6,11-13H,1-2,7-10H2,(H3-,26,27,28,29,30,31);3-6H,1-2H3,(H,10,11). The summed E-state index contributed by atoms with van der Waals surface area (Å²) in [5.74, 6) is -0.650. The van der Waals surface area contributed by atoms with Crippen molar-refractivity contribution < 1.29 is 36.0 Å². The van der Waals surface area contributed by atoms with Gasteiger partial charge in [-0.25, -0.2) is 8.42 Å². The minimum Gasteiger partial charge on any atom is -0.748 e. The third-order valence-corrected chi connectivity index (χ3v) is 10.9. The maximum atomic E-state index is 11.1. The van der Waals surface area contributed by atoms with Gasteiger partial charge in [0, 0.05) is 58.1 Å². The Hall–Kier alpha value is -2.37. The number of carbonyl (C=O) groups is 1. The molecule has 0 bridgehead atoms. The summed E-state index contributed by atoms with van der Waals surface area (Å²) in [5, 5.41) is 5.50. The summed E-state index contributed by atoms with van der Waals surface area (Å²) in [5.41, 5.74) is 3.75. The van der Waals surface area contributed by atoms with Gasteiger partial charge in [0.2, 0.25) is 11.4 Å². The summed E-state index contributed by atoms with van der Waals surface area (Å²) in [4.78, 5) is 13.6. The van der Waals surface area contributed by atoms with Crippen molar-refractivity contribution in [2.75, 3.05) is 28.3 Å². The second kappa shape index (κ2) is 15.7. The molecule has 0 saturated heterocycles. The van der Waals surface area contributed by atoms with Crippen LogP contribution in [0.5, 0.6) is 0 Å². The maximum Gasteiger partial charge on any atom is 0.265 e. The highest BCUT2D eigenvalue weighted by Crippen LogP contribution is 2.48. The van der Waals surface area contributed by atoms with Gasteiger partial charge in [-0.2, -0.15) is 4.57 Å². The lowest BCUT2D eigenvalue weighted by Crippen LogP contribution is -2.36. The normalized spacial score (nSPS) is 14.3. The lowest BCUT2D eigenvalue weighted by Gasteiger charge is -2.23. The van der Waals surface area contributed by atoms with Crippen LogP contribution in [0.3, 0.4) is 0 Å². The van der Waals surface area contributed by atoms with Gasteiger partial charge in [-0.3, -0.25) is 4.79 Å². The second-order valence-electron chi connectivity index (χ2n) is 10.4. The molecule has 5 rings (SSSR count). The zero-order valence-electron chi connectivity index (χ0n) is 24.9. The van der Waals surface area contributed by atoms with Crippen LogP contribution in [0.1, 0.15) is 30.3 Å². The summed E-state index contributed by atoms with van der Waals surface area (Å²) in [7, 11) is -7.93. The molecule has 0 fully saturated rings. The number of aromatic nitrogens is 1. The Bertz CT molecular complexity index is 1840. The van der Waals surface area contributed by atoms with Gasteiger partial charge in [0.25, 0.3) is 5.01 Å². The molecule has 248 valence electrons. The van der Waals surface area contributed by atoms with E-state index in [9.17, 15) is 31.4 Å². The molecule has 4 N–H and O–H groups in total. The van der Waals surface area contributed by atoms with Gasteiger partial charge in [0.15, 0.2) is 6.54 Å². The molecule has 1 aliphatic heterocycles. The van der Waals surface area contributed by atoms with Gasteiger partial charge >= 0.3 is 0 Å². The number of hydrogen-bond donors (Lipinski definition) is 4. The molecule has 46 heavy (non-hydrogen) atoms. The number of nitrogens with zero attached hydrogens (tertiary/aromatic N) is 2. The van der Waals surface area contributed by atoms with Crippen LogP contribution in [0, 0.1) is 6.92 Å². The first-order valence-electron chi connectivity index (χ1n) is 13.9. The molecule has 10 nitrogen and oxygen atoms in total. The monoisotopic (exact) mass is 745 g/mol. The van der Waals surface area contributed by atoms with Crippen molar-refractivity contribution in [3.05, 3.63) is 86.3 Å². The number of carbonyl (C=O) groups excluding carboxylic acids is 1. The molecular formula is C30H33Cl2N3O7S4. The minimum atomic E-state index is -4.33. The molecule has 16 heteroatoms. The topological polar surface area (TPSA) is 154 Å². The summed E-state index contributed by atoms with van der Waals surface area (Å²) >= 11 is 15.5. The number of nitrogens with one attached hydrogen (secondary N) is 1. The van der Waals surface area contributed by atoms with Crippen molar-refractivity contribution in [1.29, 1.82) is 0 Å². The molecule has 0 spiro atoms. The maximum absolute atomic E-state index is 11.1. The van der Waals surface area contributed by atoms with E-state index >= 15 is 0 Å². The number of thioether (sulfide) groups is 1. The molecule has 3 aromatic carbocycles. The van der Waals surface area contributed by atoms with E-state index in [1.165, 1.54) is 35.6 Å². The number of hydrogen-bond acceptors (Lipinski definition) is 10. The van der Waals surface area contributed by atoms with E-state index in [4.69, 9.17) is 23.2 Å². The van der Waals surface area contributed by atoms with Crippen molar-refractivity contribution in [2.24, 2.45) is 0 Å². The predicted molar refractivity (Wildman–Crippen MR) is 189 cm³/mol. The highest BCUT2D eigenvalue weighted by atomic mass is 35.5. The number of rotatable bonds is 10. The van der Waals surface area contributed by atoms with Crippen LogP contribution >= 0.6 is 57.2 Å². The van der Waals surface area contributed by atoms with Gasteiger partial charge in [0.1, 0.15) is 4.70 Å². The fourth-order valence-corrected chi connectivity index (χ4v) is 8.20. The van der Waals surface area contributed by atoms with Gasteiger partial charge < -0.3 is 28.4 Å². The van der Waals surface area contributed by atoms with Crippen LogP contribution in [0.4, 0.5) is 11.4 Å². The largest absolute Gasteiger partial charge is 0.748 e. The third-order valence-electron chi connectivity index (χ3n) is 6.58. The fourth-order valence-electron chi connectivity index (χ4n) is 4.59. The predicted octanol–water partition coefficient (Wildman–Crippen LogP) is 7.91. The Kier molecular flexibility index (Phi) is 12.4. The van der Waals surface area contributed by atoms with E-state index in [0.29, 0.717) is 29.6 Å². The zero-order valence-corrected chi connectivity index (χ0v) is 29.6. The van der Waals surface area contributed by atoms with Gasteiger partial charge in [-0.15, -0.1) is 0 Å². The van der Waals surface area contributed by atoms with Crippen LogP contribution in [-0.2, 0) is 21.5 Å². The number of halogens is 2. The van der Waals surface area contributed by atoms with Crippen LogP contribution in [0.25, 0.3) is 16.3 Å². The number of benzene rings is 3. The summed E-state index contributed by atoms with van der Waals surface area (Å²) in [6, 6.07) is 18.7. The summed E-state index contributed by atoms with van der Waals surface area (Å²) in [6.45, 7) is 4.24. The average Bonchev–Trinajstić information content (AvgIpc) is 3.45. The van der Waals surface area contributed by atoms with E-state index in [2.05, 4.69) is 5.32 Å². The van der Waals surface area contributed by atoms with Gasteiger partial charge in [0.05, 0.1) is 37.8 Å². The molecule has 1 amide bonds. The molecule has 0 radical (unpaired) electrons. The van der Waals surface area contributed by atoms with E-state index in [0.717, 1.165) is 36.5 Å². The van der Waals surface area contributed by atoms with Gasteiger partial charge in [-0.1, -0.05) is 64.0 Å². The molecule has 0 unspecified atom stereocenters. The Balaban J connectivity index is 0.000000369. The number of anilines is 2. The highest BCUT2D eigenvalue weighted by Gasteiger charge is 2.29. The van der Waals surface area contributed by atoms with Crippen LogP contribution in [0.15, 0.2) is 70.6 Å². The van der Waals surface area contributed by atoms with Crippen LogP contribution in [0.2, 0.25) is 10.0 Å². The van der Waals surface area contributed by atoms with E-state index in [-0.39, 0.29) is 18.1 Å². The summed E-state index contributed by atoms with van der Waals surface area (Å²) in [6.07, 6.45) is 2.46. The first-order valence-corrected chi connectivity index (χ1v) is 19.6. The van der Waals surface area contributed by atoms with Gasteiger partial charge in [-0.05, 0) is 55.8 Å². The van der Waals surface area contributed by atoms with E-state index in [1.807, 2.05) is 64.9 Å². The Morgan fingerprint density at radius 2 is 1.67 bits per heavy atom. The van der Waals surface area contributed by atoms with Crippen molar-refractivity contribution >= 4 is 101 Å². The van der Waals surface area contributed by atoms with E-state index < -0.39 is 26.7 Å². The van der Waals surface area contributed by atoms with Crippen molar-refractivity contribution in [3.8, 4) is 0 Å². The molecule has 2 heterocycles. The van der Waals surface area contributed by atoms with E-state index in [1.54, 1.807) is 18.2 Å². The number of amides is 1. The third kappa shape index (κ3) is 10.8. The first-order chi connectivity index (χ1) is 21.6. The zero-order chi connectivity index (χ0) is 33.6. The van der Waals surface area contributed by atoms with Crippen molar-refractivity contribution in [1.82, 2.24) is 0 Å². The SMILES string of the molecule is CC(=O)Nc1ccc(C)cc1.O=S(=O)([O-])CCC[n+]1c(C=C2Sc3ccc(Cl)cc3N2CCCS(O)(O)O)sc2ccc(Cl)cc21. The number of aryl methyl sites for hydroxylation is 2. The molecule has 1 aromatic heterocycles. The Labute approximate surface area is 288 Å². The molecular weight excluding hydrogens is 714 g/mol. The minimum absolute atomic E-state index is 0.0335. The van der Waals surface area contributed by atoms with Crippen molar-refractivity contribution in [2.45, 2.75) is 38.1 Å². The fraction of sp³-hybridized carbons (Fsp3) is 0.267. The highest BCUT2D eigenvalue weighted by molar-refractivity contribution is 8.19. The molecule has 0 saturated carbocycles. The first kappa shape index (κ1) is 36.5. The van der Waals surface area contributed by atoms with Crippen LogP contribution in [-0.4, -0.2) is 50.6 Å².